The molecule has 3 nitrogen and oxygen atoms in total. The fraction of sp³-hybridized carbons (Fsp3) is 0.750. The van der Waals surface area contributed by atoms with Crippen LogP contribution in [0.15, 0.2) is 12.2 Å². The van der Waals surface area contributed by atoms with Gasteiger partial charge in [-0.15, -0.1) is 0 Å². The van der Waals surface area contributed by atoms with Crippen LogP contribution in [-0.2, 0) is 4.79 Å². The Morgan fingerprint density at radius 1 is 1.27 bits per heavy atom. The van der Waals surface area contributed by atoms with Gasteiger partial charge in [-0.1, -0.05) is 12.2 Å². The van der Waals surface area contributed by atoms with E-state index in [4.69, 9.17) is 5.73 Å². The van der Waals surface area contributed by atoms with E-state index < -0.39 is 11.0 Å². The van der Waals surface area contributed by atoms with Gasteiger partial charge in [0.2, 0.25) is 5.91 Å². The summed E-state index contributed by atoms with van der Waals surface area (Å²) in [5.41, 5.74) is 5.04. The average molecular weight is 210 g/mol. The number of hydrogen-bond donors (Lipinski definition) is 1. The van der Waals surface area contributed by atoms with Gasteiger partial charge in [0.1, 0.15) is 0 Å². The molecule has 1 aliphatic heterocycles. The highest BCUT2D eigenvalue weighted by molar-refractivity contribution is 5.83. The van der Waals surface area contributed by atoms with E-state index in [0.717, 1.165) is 19.5 Å². The van der Waals surface area contributed by atoms with Gasteiger partial charge in [0, 0.05) is 18.6 Å². The predicted octanol–water partition coefficient (Wildman–Crippen LogP) is 1.54. The summed E-state index contributed by atoms with van der Waals surface area (Å²) in [5.74, 6) is 0.152. The number of nitrogens with two attached hydrogens (primary N) is 1. The second kappa shape index (κ2) is 3.97. The van der Waals surface area contributed by atoms with Crippen molar-refractivity contribution < 1.29 is 4.79 Å². The van der Waals surface area contributed by atoms with E-state index >= 15 is 0 Å². The van der Waals surface area contributed by atoms with Crippen LogP contribution in [0.5, 0.6) is 0 Å². The van der Waals surface area contributed by atoms with E-state index in [0.29, 0.717) is 0 Å². The van der Waals surface area contributed by atoms with Gasteiger partial charge >= 0.3 is 0 Å². The van der Waals surface area contributed by atoms with Crippen LogP contribution in [-0.4, -0.2) is 29.4 Å². The third-order valence-corrected chi connectivity index (χ3v) is 3.49. The molecule has 0 unspecified atom stereocenters. The van der Waals surface area contributed by atoms with E-state index in [2.05, 4.69) is 6.08 Å². The lowest BCUT2D eigenvalue weighted by Gasteiger charge is -2.41. The Labute approximate surface area is 92.3 Å². The number of nitrogens with zero attached hydrogens (tertiary/aromatic N) is 1. The topological polar surface area (TPSA) is 46.3 Å². The largest absolute Gasteiger partial charge is 0.338 e. The Balaban J connectivity index is 2.79. The Morgan fingerprint density at radius 3 is 2.27 bits per heavy atom. The number of amides is 1. The third-order valence-electron chi connectivity index (χ3n) is 3.49. The molecule has 3 heteroatoms. The van der Waals surface area contributed by atoms with Crippen LogP contribution in [0.2, 0.25) is 0 Å². The summed E-state index contributed by atoms with van der Waals surface area (Å²) in [6, 6.07) is 0. The molecular weight excluding hydrogens is 188 g/mol. The summed E-state index contributed by atoms with van der Waals surface area (Å²) in [7, 11) is 0. The fourth-order valence-corrected chi connectivity index (χ4v) is 1.50. The van der Waals surface area contributed by atoms with E-state index in [9.17, 15) is 4.79 Å². The van der Waals surface area contributed by atoms with Gasteiger partial charge in [-0.25, -0.2) is 0 Å². The van der Waals surface area contributed by atoms with Crippen molar-refractivity contribution in [2.75, 3.05) is 13.1 Å². The maximum atomic E-state index is 12.3. The van der Waals surface area contributed by atoms with Crippen LogP contribution in [0.4, 0.5) is 0 Å². The second-order valence-electron chi connectivity index (χ2n) is 5.36. The van der Waals surface area contributed by atoms with Gasteiger partial charge in [0.05, 0.1) is 5.41 Å². The van der Waals surface area contributed by atoms with Crippen molar-refractivity contribution in [2.45, 2.75) is 39.7 Å². The van der Waals surface area contributed by atoms with Crippen LogP contribution in [0.25, 0.3) is 0 Å². The minimum atomic E-state index is -0.516. The molecular formula is C12H22N2O. The highest BCUT2D eigenvalue weighted by atomic mass is 16.2. The summed E-state index contributed by atoms with van der Waals surface area (Å²) < 4.78 is 0. The summed E-state index contributed by atoms with van der Waals surface area (Å²) in [4.78, 5) is 14.2. The SMILES string of the molecule is CC(C)(N)C(C)(C)C(=O)N1CC=CCC1. The molecule has 0 saturated heterocycles. The van der Waals surface area contributed by atoms with Crippen molar-refractivity contribution in [3.63, 3.8) is 0 Å². The van der Waals surface area contributed by atoms with Crippen molar-refractivity contribution in [2.24, 2.45) is 11.1 Å². The zero-order valence-electron chi connectivity index (χ0n) is 10.2. The second-order valence-corrected chi connectivity index (χ2v) is 5.36. The molecule has 0 atom stereocenters. The first-order chi connectivity index (χ1) is 6.77. The standard InChI is InChI=1S/C12H22N2O/c1-11(2,12(3,4)13)10(15)14-8-6-5-7-9-14/h5-6H,7-9,13H2,1-4H3. The summed E-state index contributed by atoms with van der Waals surface area (Å²) >= 11 is 0. The Bertz CT molecular complexity index is 274. The molecule has 0 aromatic carbocycles. The van der Waals surface area contributed by atoms with E-state index in [1.807, 2.05) is 38.7 Å². The molecule has 0 fully saturated rings. The van der Waals surface area contributed by atoms with Crippen molar-refractivity contribution in [1.82, 2.24) is 4.90 Å². The molecule has 0 aromatic rings. The normalized spacial score (nSPS) is 18.1. The lowest BCUT2D eigenvalue weighted by Crippen LogP contribution is -2.56. The van der Waals surface area contributed by atoms with Gasteiger partial charge in [0.15, 0.2) is 0 Å². The van der Waals surface area contributed by atoms with Gasteiger partial charge in [-0.2, -0.15) is 0 Å². The Hall–Kier alpha value is -0.830. The Kier molecular flexibility index (Phi) is 3.24. The lowest BCUT2D eigenvalue weighted by atomic mass is 9.74. The molecule has 0 saturated carbocycles. The number of carbonyl (C=O) groups excluding carboxylic acids is 1. The van der Waals surface area contributed by atoms with Crippen LogP contribution < -0.4 is 5.73 Å². The fourth-order valence-electron chi connectivity index (χ4n) is 1.50. The molecule has 0 aliphatic carbocycles. The smallest absolute Gasteiger partial charge is 0.230 e. The minimum absolute atomic E-state index is 0.152. The lowest BCUT2D eigenvalue weighted by molar-refractivity contribution is -0.143. The molecule has 0 bridgehead atoms. The third kappa shape index (κ3) is 2.40. The molecule has 0 radical (unpaired) electrons. The molecule has 0 spiro atoms. The van der Waals surface area contributed by atoms with Crippen molar-refractivity contribution in [3.8, 4) is 0 Å². The first-order valence-electron chi connectivity index (χ1n) is 5.50. The molecule has 1 heterocycles. The van der Waals surface area contributed by atoms with Gasteiger partial charge in [0.25, 0.3) is 0 Å². The van der Waals surface area contributed by atoms with Crippen LogP contribution in [0, 0.1) is 5.41 Å². The zero-order chi connectivity index (χ0) is 11.7. The maximum Gasteiger partial charge on any atom is 0.230 e. The highest BCUT2D eigenvalue weighted by Gasteiger charge is 2.42. The summed E-state index contributed by atoms with van der Waals surface area (Å²) in [6.07, 6.45) is 5.11. The van der Waals surface area contributed by atoms with Gasteiger partial charge in [-0.3, -0.25) is 4.79 Å². The minimum Gasteiger partial charge on any atom is -0.338 e. The van der Waals surface area contributed by atoms with Crippen LogP contribution >= 0.6 is 0 Å². The summed E-state index contributed by atoms with van der Waals surface area (Å²) in [5, 5.41) is 0. The van der Waals surface area contributed by atoms with E-state index in [-0.39, 0.29) is 5.91 Å². The molecule has 15 heavy (non-hydrogen) atoms. The van der Waals surface area contributed by atoms with E-state index in [1.165, 1.54) is 0 Å². The zero-order valence-corrected chi connectivity index (χ0v) is 10.2. The maximum absolute atomic E-state index is 12.3. The highest BCUT2D eigenvalue weighted by Crippen LogP contribution is 2.31. The average Bonchev–Trinajstić information content (AvgIpc) is 2.16. The molecule has 1 aliphatic rings. The number of hydrogen-bond acceptors (Lipinski definition) is 2. The van der Waals surface area contributed by atoms with Crippen molar-refractivity contribution in [1.29, 1.82) is 0 Å². The molecule has 1 rings (SSSR count). The van der Waals surface area contributed by atoms with E-state index in [1.54, 1.807) is 0 Å². The van der Waals surface area contributed by atoms with Crippen LogP contribution in [0.3, 0.4) is 0 Å². The van der Waals surface area contributed by atoms with Crippen molar-refractivity contribution in [3.05, 3.63) is 12.2 Å². The first-order valence-corrected chi connectivity index (χ1v) is 5.50. The molecule has 86 valence electrons. The number of carbonyl (C=O) groups is 1. The van der Waals surface area contributed by atoms with Gasteiger partial charge < -0.3 is 10.6 Å². The summed E-state index contributed by atoms with van der Waals surface area (Å²) in [6.45, 7) is 9.20. The quantitative estimate of drug-likeness (QED) is 0.703. The number of rotatable bonds is 2. The molecule has 2 N–H and O–H groups in total. The molecule has 1 amide bonds. The Morgan fingerprint density at radius 2 is 1.87 bits per heavy atom. The van der Waals surface area contributed by atoms with Crippen LogP contribution in [0.1, 0.15) is 34.1 Å². The molecule has 0 aromatic heterocycles. The predicted molar refractivity (Wildman–Crippen MR) is 62.4 cm³/mol. The van der Waals surface area contributed by atoms with Crippen molar-refractivity contribution >= 4 is 5.91 Å². The van der Waals surface area contributed by atoms with Gasteiger partial charge in [-0.05, 0) is 34.1 Å². The monoisotopic (exact) mass is 210 g/mol. The first kappa shape index (κ1) is 12.2.